The Morgan fingerprint density at radius 1 is 1.20 bits per heavy atom. The third-order valence-corrected chi connectivity index (χ3v) is 4.66. The standard InChI is InChI=1S/C20H24N2O3/c1-3-25-19-7-5-4-6-17(19)20(23)22-12-16(14-24-2)18(13-22)15-8-10-21-11-9-15/h4-11,16,18H,3,12-14H2,1-2H3/t16-,18-/m0/s1. The molecule has 1 fully saturated rings. The molecule has 5 heteroatoms. The van der Waals surface area contributed by atoms with Crippen LogP contribution in [0.25, 0.3) is 0 Å². The Kier molecular flexibility index (Phi) is 5.66. The molecule has 5 nitrogen and oxygen atoms in total. The van der Waals surface area contributed by atoms with Gasteiger partial charge in [0.1, 0.15) is 5.75 Å². The molecule has 1 amide bonds. The Bertz CT molecular complexity index is 705. The number of aromatic nitrogens is 1. The van der Waals surface area contributed by atoms with Crippen molar-refractivity contribution in [1.29, 1.82) is 0 Å². The number of benzene rings is 1. The number of amides is 1. The minimum Gasteiger partial charge on any atom is -0.493 e. The van der Waals surface area contributed by atoms with E-state index in [2.05, 4.69) is 4.98 Å². The monoisotopic (exact) mass is 340 g/mol. The summed E-state index contributed by atoms with van der Waals surface area (Å²) in [5, 5.41) is 0. The molecular formula is C20H24N2O3. The third-order valence-electron chi connectivity index (χ3n) is 4.66. The van der Waals surface area contributed by atoms with Crippen LogP contribution in [0.1, 0.15) is 28.8 Å². The van der Waals surface area contributed by atoms with Gasteiger partial charge in [-0.3, -0.25) is 9.78 Å². The molecule has 0 saturated carbocycles. The summed E-state index contributed by atoms with van der Waals surface area (Å²) in [5.41, 5.74) is 1.82. The summed E-state index contributed by atoms with van der Waals surface area (Å²) in [6.07, 6.45) is 3.60. The van der Waals surface area contributed by atoms with E-state index < -0.39 is 0 Å². The minimum absolute atomic E-state index is 0.0155. The van der Waals surface area contributed by atoms with Crippen LogP contribution in [0.5, 0.6) is 5.75 Å². The molecule has 1 aromatic carbocycles. The van der Waals surface area contributed by atoms with E-state index in [1.165, 1.54) is 5.56 Å². The van der Waals surface area contributed by atoms with Crippen molar-refractivity contribution in [3.05, 3.63) is 59.9 Å². The zero-order valence-corrected chi connectivity index (χ0v) is 14.7. The lowest BCUT2D eigenvalue weighted by molar-refractivity contribution is 0.0771. The van der Waals surface area contributed by atoms with Crippen LogP contribution in [0.2, 0.25) is 0 Å². The average Bonchev–Trinajstić information content (AvgIpc) is 3.07. The number of para-hydroxylation sites is 1. The molecule has 0 bridgehead atoms. The molecule has 0 N–H and O–H groups in total. The summed E-state index contributed by atoms with van der Waals surface area (Å²) < 4.78 is 11.0. The average molecular weight is 340 g/mol. The topological polar surface area (TPSA) is 51.7 Å². The van der Waals surface area contributed by atoms with Crippen molar-refractivity contribution in [1.82, 2.24) is 9.88 Å². The van der Waals surface area contributed by atoms with Gasteiger partial charge in [0, 0.05) is 44.4 Å². The molecule has 1 saturated heterocycles. The Balaban J connectivity index is 1.83. The Morgan fingerprint density at radius 2 is 1.96 bits per heavy atom. The Morgan fingerprint density at radius 3 is 2.68 bits per heavy atom. The van der Waals surface area contributed by atoms with Gasteiger partial charge in [0.15, 0.2) is 0 Å². The number of pyridine rings is 1. The molecule has 132 valence electrons. The maximum Gasteiger partial charge on any atom is 0.257 e. The number of ether oxygens (including phenoxy) is 2. The molecule has 25 heavy (non-hydrogen) atoms. The number of methoxy groups -OCH3 is 1. The predicted molar refractivity (Wildman–Crippen MR) is 95.9 cm³/mol. The number of hydrogen-bond donors (Lipinski definition) is 0. The summed E-state index contributed by atoms with van der Waals surface area (Å²) in [6.45, 7) is 4.45. The van der Waals surface area contributed by atoms with Crippen LogP contribution >= 0.6 is 0 Å². The van der Waals surface area contributed by atoms with Gasteiger partial charge in [-0.15, -0.1) is 0 Å². The smallest absolute Gasteiger partial charge is 0.257 e. The quantitative estimate of drug-likeness (QED) is 0.811. The number of carbonyl (C=O) groups excluding carboxylic acids is 1. The molecule has 1 aliphatic heterocycles. The van der Waals surface area contributed by atoms with Crippen LogP contribution in [0.4, 0.5) is 0 Å². The highest BCUT2D eigenvalue weighted by Gasteiger charge is 2.37. The van der Waals surface area contributed by atoms with E-state index >= 15 is 0 Å². The molecule has 1 aliphatic rings. The van der Waals surface area contributed by atoms with Crippen LogP contribution in [0.3, 0.4) is 0 Å². The van der Waals surface area contributed by atoms with Gasteiger partial charge in [-0.1, -0.05) is 12.1 Å². The second-order valence-electron chi connectivity index (χ2n) is 6.24. The molecule has 2 heterocycles. The first-order valence-electron chi connectivity index (χ1n) is 8.64. The van der Waals surface area contributed by atoms with Crippen molar-refractivity contribution in [2.24, 2.45) is 5.92 Å². The van der Waals surface area contributed by atoms with Gasteiger partial charge in [-0.2, -0.15) is 0 Å². The summed E-state index contributed by atoms with van der Waals surface area (Å²) in [6, 6.07) is 11.5. The van der Waals surface area contributed by atoms with Crippen LogP contribution in [-0.2, 0) is 4.74 Å². The second kappa shape index (κ2) is 8.12. The van der Waals surface area contributed by atoms with Crippen molar-refractivity contribution >= 4 is 5.91 Å². The maximum absolute atomic E-state index is 13.1. The second-order valence-corrected chi connectivity index (χ2v) is 6.24. The van der Waals surface area contributed by atoms with Crippen molar-refractivity contribution in [2.75, 3.05) is 33.4 Å². The molecule has 2 aromatic rings. The Hall–Kier alpha value is -2.40. The van der Waals surface area contributed by atoms with Crippen LogP contribution < -0.4 is 4.74 Å². The fourth-order valence-electron chi connectivity index (χ4n) is 3.50. The van der Waals surface area contributed by atoms with E-state index in [-0.39, 0.29) is 17.7 Å². The normalized spacial score (nSPS) is 19.8. The van der Waals surface area contributed by atoms with E-state index in [1.54, 1.807) is 19.5 Å². The lowest BCUT2D eigenvalue weighted by Crippen LogP contribution is -2.29. The molecule has 0 radical (unpaired) electrons. The van der Waals surface area contributed by atoms with Gasteiger partial charge in [0.2, 0.25) is 0 Å². The van der Waals surface area contributed by atoms with Gasteiger partial charge in [0.05, 0.1) is 18.8 Å². The maximum atomic E-state index is 13.1. The molecule has 0 aliphatic carbocycles. The fourth-order valence-corrected chi connectivity index (χ4v) is 3.50. The first-order valence-corrected chi connectivity index (χ1v) is 8.64. The molecule has 2 atom stereocenters. The Labute approximate surface area is 148 Å². The van der Waals surface area contributed by atoms with Gasteiger partial charge in [-0.25, -0.2) is 0 Å². The van der Waals surface area contributed by atoms with Crippen molar-refractivity contribution in [3.63, 3.8) is 0 Å². The summed E-state index contributed by atoms with van der Waals surface area (Å²) in [7, 11) is 1.71. The van der Waals surface area contributed by atoms with E-state index in [1.807, 2.05) is 48.2 Å². The highest BCUT2D eigenvalue weighted by molar-refractivity contribution is 5.97. The van der Waals surface area contributed by atoms with Gasteiger partial charge in [-0.05, 0) is 36.8 Å². The number of nitrogens with zero attached hydrogens (tertiary/aromatic N) is 2. The van der Waals surface area contributed by atoms with Crippen LogP contribution in [0, 0.1) is 5.92 Å². The van der Waals surface area contributed by atoms with E-state index in [0.29, 0.717) is 37.6 Å². The van der Waals surface area contributed by atoms with Crippen molar-refractivity contribution < 1.29 is 14.3 Å². The molecule has 3 rings (SSSR count). The fraction of sp³-hybridized carbons (Fsp3) is 0.400. The number of hydrogen-bond acceptors (Lipinski definition) is 4. The minimum atomic E-state index is 0.0155. The van der Waals surface area contributed by atoms with Crippen molar-refractivity contribution in [2.45, 2.75) is 12.8 Å². The van der Waals surface area contributed by atoms with Gasteiger partial charge >= 0.3 is 0 Å². The SMILES string of the molecule is CCOc1ccccc1C(=O)N1C[C@@H](COC)[C@H](c2ccncc2)C1. The number of likely N-dealkylation sites (tertiary alicyclic amines) is 1. The summed E-state index contributed by atoms with van der Waals surface area (Å²) in [4.78, 5) is 19.1. The number of rotatable bonds is 6. The third kappa shape index (κ3) is 3.82. The van der Waals surface area contributed by atoms with Gasteiger partial charge in [0.25, 0.3) is 5.91 Å². The van der Waals surface area contributed by atoms with Crippen molar-refractivity contribution in [3.8, 4) is 5.75 Å². The first kappa shape index (κ1) is 17.4. The predicted octanol–water partition coefficient (Wildman–Crippen LogP) is 2.98. The lowest BCUT2D eigenvalue weighted by Gasteiger charge is -2.18. The number of carbonyl (C=O) groups is 1. The first-order chi connectivity index (χ1) is 12.2. The highest BCUT2D eigenvalue weighted by Crippen LogP contribution is 2.34. The van der Waals surface area contributed by atoms with E-state index in [0.717, 1.165) is 0 Å². The summed E-state index contributed by atoms with van der Waals surface area (Å²) >= 11 is 0. The molecule has 0 spiro atoms. The lowest BCUT2D eigenvalue weighted by atomic mass is 9.90. The summed E-state index contributed by atoms with van der Waals surface area (Å²) in [5.74, 6) is 1.19. The zero-order valence-electron chi connectivity index (χ0n) is 14.7. The molecule has 0 unspecified atom stereocenters. The zero-order chi connectivity index (χ0) is 17.6. The largest absolute Gasteiger partial charge is 0.493 e. The van der Waals surface area contributed by atoms with Gasteiger partial charge < -0.3 is 14.4 Å². The van der Waals surface area contributed by atoms with Crippen LogP contribution in [-0.4, -0.2) is 49.2 Å². The highest BCUT2D eigenvalue weighted by atomic mass is 16.5. The molecular weight excluding hydrogens is 316 g/mol. The molecule has 1 aromatic heterocycles. The van der Waals surface area contributed by atoms with Crippen LogP contribution in [0.15, 0.2) is 48.8 Å². The van der Waals surface area contributed by atoms with E-state index in [4.69, 9.17) is 9.47 Å². The van der Waals surface area contributed by atoms with E-state index in [9.17, 15) is 4.79 Å².